The Kier molecular flexibility index (Phi) is 6.15. The Balaban J connectivity index is 2.38. The highest BCUT2D eigenvalue weighted by molar-refractivity contribution is 5.72. The number of carbonyl (C=O) groups excluding carboxylic acids is 1. The summed E-state index contributed by atoms with van der Waals surface area (Å²) in [5.41, 5.74) is 0.943. The normalized spacial score (nSPS) is 13.7. The molecule has 0 spiro atoms. The van der Waals surface area contributed by atoms with Crippen LogP contribution >= 0.6 is 0 Å². The van der Waals surface area contributed by atoms with Crippen molar-refractivity contribution in [2.45, 2.75) is 32.5 Å². The van der Waals surface area contributed by atoms with E-state index in [-0.39, 0.29) is 12.6 Å². The van der Waals surface area contributed by atoms with Crippen molar-refractivity contribution in [1.29, 1.82) is 0 Å². The van der Waals surface area contributed by atoms with E-state index < -0.39 is 12.0 Å². The molecule has 1 N–H and O–H groups in total. The first kappa shape index (κ1) is 14.5. The average molecular weight is 248 g/mol. The quantitative estimate of drug-likeness (QED) is 0.596. The van der Waals surface area contributed by atoms with Crippen molar-refractivity contribution in [2.75, 3.05) is 0 Å². The zero-order chi connectivity index (χ0) is 13.4. The Morgan fingerprint density at radius 2 is 2.11 bits per heavy atom. The molecule has 0 amide bonds. The van der Waals surface area contributed by atoms with Crippen LogP contribution in [0, 0.1) is 5.92 Å². The maximum Gasteiger partial charge on any atom is 0.311 e. The van der Waals surface area contributed by atoms with E-state index in [1.807, 2.05) is 30.3 Å². The summed E-state index contributed by atoms with van der Waals surface area (Å²) in [6.07, 6.45) is 2.28. The van der Waals surface area contributed by atoms with E-state index in [1.54, 1.807) is 13.0 Å². The molecule has 3 nitrogen and oxygen atoms in total. The second kappa shape index (κ2) is 7.67. The van der Waals surface area contributed by atoms with E-state index >= 15 is 0 Å². The minimum absolute atomic E-state index is 0.248. The number of aliphatic hydroxyl groups is 1. The fourth-order valence-electron chi connectivity index (χ4n) is 1.56. The summed E-state index contributed by atoms with van der Waals surface area (Å²) in [5.74, 6) is -0.871. The Hall–Kier alpha value is -1.61. The molecule has 0 aliphatic carbocycles. The number of ether oxygens (including phenoxy) is 1. The number of hydrogen-bond donors (Lipinski definition) is 1. The molecule has 0 fully saturated rings. The van der Waals surface area contributed by atoms with Crippen molar-refractivity contribution >= 4 is 5.97 Å². The molecule has 0 unspecified atom stereocenters. The summed E-state index contributed by atoms with van der Waals surface area (Å²) >= 11 is 0. The van der Waals surface area contributed by atoms with Gasteiger partial charge in [-0.2, -0.15) is 0 Å². The van der Waals surface area contributed by atoms with Crippen LogP contribution in [0.15, 0.2) is 43.0 Å². The Bertz CT molecular complexity index is 373. The minimum atomic E-state index is -0.675. The molecule has 3 heteroatoms. The molecule has 1 aromatic carbocycles. The Morgan fingerprint density at radius 1 is 1.44 bits per heavy atom. The molecule has 1 aromatic rings. The summed E-state index contributed by atoms with van der Waals surface area (Å²) in [4.78, 5) is 11.7. The lowest BCUT2D eigenvalue weighted by molar-refractivity contribution is -0.153. The minimum Gasteiger partial charge on any atom is -0.461 e. The third-order valence-corrected chi connectivity index (χ3v) is 2.84. The lowest BCUT2D eigenvalue weighted by Crippen LogP contribution is -2.27. The SMILES string of the molecule is C=CCC[C@@H](O)[C@H](C)C(=O)OCc1ccccc1. The van der Waals surface area contributed by atoms with E-state index in [2.05, 4.69) is 6.58 Å². The molecule has 0 heterocycles. The molecule has 0 aliphatic heterocycles. The van der Waals surface area contributed by atoms with E-state index in [0.717, 1.165) is 5.56 Å². The molecule has 1 rings (SSSR count). The van der Waals surface area contributed by atoms with Gasteiger partial charge >= 0.3 is 5.97 Å². The van der Waals surface area contributed by atoms with Crippen LogP contribution in [-0.2, 0) is 16.1 Å². The number of rotatable bonds is 7. The molecule has 18 heavy (non-hydrogen) atoms. The molecule has 0 saturated carbocycles. The van der Waals surface area contributed by atoms with Gasteiger partial charge in [-0.25, -0.2) is 0 Å². The van der Waals surface area contributed by atoms with Crippen molar-refractivity contribution < 1.29 is 14.6 Å². The Morgan fingerprint density at radius 3 is 2.72 bits per heavy atom. The molecular formula is C15H20O3. The van der Waals surface area contributed by atoms with Crippen LogP contribution in [0.4, 0.5) is 0 Å². The van der Waals surface area contributed by atoms with Gasteiger partial charge in [0.2, 0.25) is 0 Å². The van der Waals surface area contributed by atoms with Crippen LogP contribution in [-0.4, -0.2) is 17.2 Å². The highest BCUT2D eigenvalue weighted by Gasteiger charge is 2.22. The summed E-state index contributed by atoms with van der Waals surface area (Å²) in [6.45, 7) is 5.52. The van der Waals surface area contributed by atoms with Gasteiger partial charge < -0.3 is 9.84 Å². The van der Waals surface area contributed by atoms with Gasteiger partial charge in [0.15, 0.2) is 0 Å². The summed E-state index contributed by atoms with van der Waals surface area (Å²) in [7, 11) is 0. The highest BCUT2D eigenvalue weighted by atomic mass is 16.5. The van der Waals surface area contributed by atoms with Gasteiger partial charge in [0.05, 0.1) is 12.0 Å². The predicted molar refractivity (Wildman–Crippen MR) is 70.8 cm³/mol. The van der Waals surface area contributed by atoms with Gasteiger partial charge in [-0.3, -0.25) is 4.79 Å². The summed E-state index contributed by atoms with van der Waals surface area (Å²) in [5, 5.41) is 9.77. The third kappa shape index (κ3) is 4.72. The third-order valence-electron chi connectivity index (χ3n) is 2.84. The first-order valence-corrected chi connectivity index (χ1v) is 6.14. The topological polar surface area (TPSA) is 46.5 Å². The molecule has 0 bridgehead atoms. The molecule has 98 valence electrons. The lowest BCUT2D eigenvalue weighted by atomic mass is 10.0. The van der Waals surface area contributed by atoms with Crippen LogP contribution in [0.3, 0.4) is 0 Å². The molecule has 0 radical (unpaired) electrons. The number of aliphatic hydroxyl groups excluding tert-OH is 1. The maximum atomic E-state index is 11.7. The van der Waals surface area contributed by atoms with E-state index in [9.17, 15) is 9.90 Å². The Labute approximate surface area is 108 Å². The van der Waals surface area contributed by atoms with Gasteiger partial charge in [-0.15, -0.1) is 6.58 Å². The fourth-order valence-corrected chi connectivity index (χ4v) is 1.56. The van der Waals surface area contributed by atoms with E-state index in [1.165, 1.54) is 0 Å². The van der Waals surface area contributed by atoms with Crippen molar-refractivity contribution in [1.82, 2.24) is 0 Å². The van der Waals surface area contributed by atoms with Crippen molar-refractivity contribution in [2.24, 2.45) is 5.92 Å². The first-order chi connectivity index (χ1) is 8.65. The lowest BCUT2D eigenvalue weighted by Gasteiger charge is -2.17. The van der Waals surface area contributed by atoms with Gasteiger partial charge in [-0.1, -0.05) is 36.4 Å². The predicted octanol–water partition coefficient (Wildman–Crippen LogP) is 2.69. The van der Waals surface area contributed by atoms with Gasteiger partial charge in [-0.05, 0) is 25.3 Å². The molecule has 0 aromatic heterocycles. The average Bonchev–Trinajstić information content (AvgIpc) is 2.42. The summed E-state index contributed by atoms with van der Waals surface area (Å²) in [6, 6.07) is 9.49. The van der Waals surface area contributed by atoms with Crippen LogP contribution in [0.2, 0.25) is 0 Å². The monoisotopic (exact) mass is 248 g/mol. The van der Waals surface area contributed by atoms with Gasteiger partial charge in [0, 0.05) is 0 Å². The number of hydrogen-bond acceptors (Lipinski definition) is 3. The molecule has 0 aliphatic rings. The number of carbonyl (C=O) groups is 1. The second-order valence-electron chi connectivity index (χ2n) is 4.32. The number of esters is 1. The standard InChI is InChI=1S/C15H20O3/c1-3-4-10-14(16)12(2)15(17)18-11-13-8-6-5-7-9-13/h3,5-9,12,14,16H,1,4,10-11H2,2H3/t12-,14+/m0/s1. The fraction of sp³-hybridized carbons (Fsp3) is 0.400. The largest absolute Gasteiger partial charge is 0.461 e. The zero-order valence-electron chi connectivity index (χ0n) is 10.7. The van der Waals surface area contributed by atoms with E-state index in [4.69, 9.17) is 4.74 Å². The molecular weight excluding hydrogens is 228 g/mol. The van der Waals surface area contributed by atoms with Gasteiger partial charge in [0.25, 0.3) is 0 Å². The van der Waals surface area contributed by atoms with Crippen LogP contribution in [0.1, 0.15) is 25.3 Å². The van der Waals surface area contributed by atoms with Crippen LogP contribution < -0.4 is 0 Å². The van der Waals surface area contributed by atoms with Crippen LogP contribution in [0.5, 0.6) is 0 Å². The smallest absolute Gasteiger partial charge is 0.311 e. The zero-order valence-corrected chi connectivity index (χ0v) is 10.7. The molecule has 0 saturated heterocycles. The first-order valence-electron chi connectivity index (χ1n) is 6.14. The van der Waals surface area contributed by atoms with Crippen molar-refractivity contribution in [3.8, 4) is 0 Å². The van der Waals surface area contributed by atoms with Crippen molar-refractivity contribution in [3.63, 3.8) is 0 Å². The highest BCUT2D eigenvalue weighted by Crippen LogP contribution is 2.12. The number of benzene rings is 1. The molecule has 2 atom stereocenters. The van der Waals surface area contributed by atoms with E-state index in [0.29, 0.717) is 12.8 Å². The number of allylic oxidation sites excluding steroid dienone is 1. The van der Waals surface area contributed by atoms with Crippen molar-refractivity contribution in [3.05, 3.63) is 48.6 Å². The summed E-state index contributed by atoms with van der Waals surface area (Å²) < 4.78 is 5.17. The maximum absolute atomic E-state index is 11.7. The van der Waals surface area contributed by atoms with Gasteiger partial charge in [0.1, 0.15) is 6.61 Å². The second-order valence-corrected chi connectivity index (χ2v) is 4.32. The van der Waals surface area contributed by atoms with Crippen LogP contribution in [0.25, 0.3) is 0 Å².